The monoisotopic (exact) mass is 499 g/mol. The molecule has 2 aromatic carbocycles. The molecule has 0 spiro atoms. The lowest BCUT2D eigenvalue weighted by molar-refractivity contribution is 0.355. The molecule has 0 bridgehead atoms. The lowest BCUT2D eigenvalue weighted by Gasteiger charge is -2.07. The molecule has 0 fully saturated rings. The summed E-state index contributed by atoms with van der Waals surface area (Å²) >= 11 is 1.27. The smallest absolute Gasteiger partial charge is 0.273 e. The fourth-order valence-electron chi connectivity index (χ4n) is 4.42. The van der Waals surface area contributed by atoms with Crippen LogP contribution in [0.1, 0.15) is 36.5 Å². The minimum absolute atomic E-state index is 0.209. The third kappa shape index (κ3) is 4.32. The number of para-hydroxylation sites is 1. The van der Waals surface area contributed by atoms with Crippen LogP contribution >= 0.6 is 11.3 Å². The number of aryl methyl sites for hydroxylation is 1. The number of aromatic nitrogens is 4. The molecule has 0 aliphatic carbocycles. The highest BCUT2D eigenvalue weighted by atomic mass is 32.1. The summed E-state index contributed by atoms with van der Waals surface area (Å²) in [5, 5.41) is 19.1. The van der Waals surface area contributed by atoms with E-state index in [-0.39, 0.29) is 5.56 Å². The van der Waals surface area contributed by atoms with E-state index in [1.54, 1.807) is 30.9 Å². The van der Waals surface area contributed by atoms with Crippen molar-refractivity contribution in [1.29, 1.82) is 5.26 Å². The van der Waals surface area contributed by atoms with E-state index >= 15 is 0 Å². The second kappa shape index (κ2) is 10.2. The summed E-state index contributed by atoms with van der Waals surface area (Å²) in [6, 6.07) is 17.2. The number of nitrogens with zero attached hydrogens (tertiary/aromatic N) is 5. The molecule has 182 valence electrons. The number of rotatable bonds is 5. The molecular formula is C27H25N5O3S. The number of methoxy groups -OCH3 is 2. The number of fused-ring (bicyclic) bond motifs is 1. The minimum Gasteiger partial charge on any atom is -0.493 e. The van der Waals surface area contributed by atoms with Gasteiger partial charge in [0, 0.05) is 13.0 Å². The lowest BCUT2D eigenvalue weighted by atomic mass is 10.2. The van der Waals surface area contributed by atoms with Crippen molar-refractivity contribution in [1.82, 2.24) is 19.3 Å². The van der Waals surface area contributed by atoms with Crippen LogP contribution < -0.4 is 24.2 Å². The highest BCUT2D eigenvalue weighted by Gasteiger charge is 2.21. The van der Waals surface area contributed by atoms with Crippen molar-refractivity contribution >= 4 is 23.0 Å². The Labute approximate surface area is 212 Å². The Hall–Kier alpha value is -4.16. The van der Waals surface area contributed by atoms with Crippen molar-refractivity contribution in [3.8, 4) is 23.3 Å². The first-order valence-electron chi connectivity index (χ1n) is 11.7. The minimum atomic E-state index is -0.209. The largest absolute Gasteiger partial charge is 0.493 e. The molecule has 2 aromatic heterocycles. The number of nitriles is 1. The maximum Gasteiger partial charge on any atom is 0.273 e. The van der Waals surface area contributed by atoms with Gasteiger partial charge in [-0.15, -0.1) is 21.5 Å². The van der Waals surface area contributed by atoms with Gasteiger partial charge in [0.05, 0.1) is 24.4 Å². The fourth-order valence-corrected chi connectivity index (χ4v) is 5.52. The van der Waals surface area contributed by atoms with Gasteiger partial charge in [-0.05, 0) is 48.7 Å². The summed E-state index contributed by atoms with van der Waals surface area (Å²) in [4.78, 5) is 13.7. The Morgan fingerprint density at radius 2 is 1.86 bits per heavy atom. The van der Waals surface area contributed by atoms with Crippen molar-refractivity contribution < 1.29 is 9.47 Å². The highest BCUT2D eigenvalue weighted by Crippen LogP contribution is 2.27. The van der Waals surface area contributed by atoms with Crippen LogP contribution in [0, 0.1) is 11.3 Å². The number of thiazole rings is 1. The van der Waals surface area contributed by atoms with Gasteiger partial charge in [0.1, 0.15) is 22.1 Å². The molecule has 3 heterocycles. The first-order chi connectivity index (χ1) is 17.6. The topological polar surface area (TPSA) is 95.0 Å². The summed E-state index contributed by atoms with van der Waals surface area (Å²) in [5.74, 6) is 2.58. The predicted octanol–water partition coefficient (Wildman–Crippen LogP) is 2.79. The third-order valence-corrected chi connectivity index (χ3v) is 7.29. The molecule has 36 heavy (non-hydrogen) atoms. The van der Waals surface area contributed by atoms with Gasteiger partial charge in [0.25, 0.3) is 5.56 Å². The second-order valence-electron chi connectivity index (χ2n) is 8.40. The SMILES string of the molecule is COc1ccc(/C=c2/s/c(=C(/C#N)c3nnc4n3CCCCC4)n(-c3ccccc3)c2=O)cc1OC. The van der Waals surface area contributed by atoms with Crippen molar-refractivity contribution in [3.63, 3.8) is 0 Å². The molecule has 0 atom stereocenters. The first kappa shape index (κ1) is 23.6. The van der Waals surface area contributed by atoms with E-state index in [4.69, 9.17) is 9.47 Å². The molecule has 1 aliphatic rings. The highest BCUT2D eigenvalue weighted by molar-refractivity contribution is 7.07. The fraction of sp³-hybridized carbons (Fsp3) is 0.259. The molecule has 4 aromatic rings. The summed E-state index contributed by atoms with van der Waals surface area (Å²) in [6.45, 7) is 0.758. The normalized spacial score (nSPS) is 14.5. The van der Waals surface area contributed by atoms with Crippen molar-refractivity contribution in [3.05, 3.63) is 85.3 Å². The Morgan fingerprint density at radius 1 is 1.06 bits per heavy atom. The van der Waals surface area contributed by atoms with Crippen LogP contribution in [0.3, 0.4) is 0 Å². The van der Waals surface area contributed by atoms with Gasteiger partial charge in [-0.2, -0.15) is 5.26 Å². The van der Waals surface area contributed by atoms with E-state index in [0.29, 0.717) is 37.8 Å². The maximum atomic E-state index is 13.7. The maximum absolute atomic E-state index is 13.7. The van der Waals surface area contributed by atoms with Crippen molar-refractivity contribution in [2.75, 3.05) is 14.2 Å². The van der Waals surface area contributed by atoms with Crippen molar-refractivity contribution in [2.24, 2.45) is 0 Å². The third-order valence-electron chi connectivity index (χ3n) is 6.20. The van der Waals surface area contributed by atoms with E-state index < -0.39 is 0 Å². The van der Waals surface area contributed by atoms with Crippen LogP contribution in [0.4, 0.5) is 0 Å². The molecule has 1 aliphatic heterocycles. The molecule has 8 nitrogen and oxygen atoms in total. The summed E-state index contributed by atoms with van der Waals surface area (Å²) < 4.78 is 15.4. The predicted molar refractivity (Wildman–Crippen MR) is 138 cm³/mol. The molecular weight excluding hydrogens is 474 g/mol. The molecule has 0 amide bonds. The van der Waals surface area contributed by atoms with Gasteiger partial charge in [-0.3, -0.25) is 9.36 Å². The molecule has 9 heteroatoms. The second-order valence-corrected chi connectivity index (χ2v) is 9.43. The van der Waals surface area contributed by atoms with Crippen LogP contribution in [0.5, 0.6) is 11.5 Å². The van der Waals surface area contributed by atoms with E-state index in [9.17, 15) is 10.1 Å². The van der Waals surface area contributed by atoms with E-state index in [1.807, 2.05) is 47.0 Å². The Kier molecular flexibility index (Phi) is 6.69. The average molecular weight is 500 g/mol. The van der Waals surface area contributed by atoms with Gasteiger partial charge >= 0.3 is 0 Å². The van der Waals surface area contributed by atoms with Gasteiger partial charge in [-0.1, -0.05) is 30.7 Å². The Balaban J connectivity index is 1.79. The van der Waals surface area contributed by atoms with Crippen LogP contribution in [0.2, 0.25) is 0 Å². The average Bonchev–Trinajstić information content (AvgIpc) is 3.35. The van der Waals surface area contributed by atoms with E-state index in [2.05, 4.69) is 16.3 Å². The van der Waals surface area contributed by atoms with E-state index in [0.717, 1.165) is 43.6 Å². The molecule has 0 unspecified atom stereocenters. The molecule has 0 saturated heterocycles. The number of benzene rings is 2. The zero-order valence-corrected chi connectivity index (χ0v) is 20.9. The van der Waals surface area contributed by atoms with Crippen LogP contribution in [0.15, 0.2) is 53.3 Å². The summed E-state index contributed by atoms with van der Waals surface area (Å²) in [6.07, 6.45) is 5.81. The molecule has 0 N–H and O–H groups in total. The Morgan fingerprint density at radius 3 is 2.61 bits per heavy atom. The molecule has 0 radical (unpaired) electrons. The van der Waals surface area contributed by atoms with Crippen molar-refractivity contribution in [2.45, 2.75) is 32.2 Å². The van der Waals surface area contributed by atoms with Crippen LogP contribution in [-0.4, -0.2) is 33.6 Å². The van der Waals surface area contributed by atoms with Crippen LogP contribution in [0.25, 0.3) is 17.3 Å². The lowest BCUT2D eigenvalue weighted by Crippen LogP contribution is -2.31. The van der Waals surface area contributed by atoms with Gasteiger partial charge in [0.15, 0.2) is 17.3 Å². The zero-order chi connectivity index (χ0) is 25.1. The van der Waals surface area contributed by atoms with Gasteiger partial charge in [0.2, 0.25) is 0 Å². The van der Waals surface area contributed by atoms with Gasteiger partial charge < -0.3 is 14.0 Å². The standard InChI is InChI=1S/C27H25N5O3S/c1-34-21-13-12-18(15-22(21)35-2)16-23-26(33)32(19-9-5-3-6-10-19)27(36-23)20(17-28)25-30-29-24-11-7-4-8-14-31(24)25/h3,5-6,9-10,12-13,15-16H,4,7-8,11,14H2,1-2H3/b23-16+,27-20-. The first-order valence-corrected chi connectivity index (χ1v) is 12.5. The quantitative estimate of drug-likeness (QED) is 0.419. The van der Waals surface area contributed by atoms with Crippen LogP contribution in [-0.2, 0) is 13.0 Å². The molecule has 0 saturated carbocycles. The number of ether oxygens (including phenoxy) is 2. The Bertz CT molecular complexity index is 1630. The molecule has 5 rings (SSSR count). The number of hydrogen-bond acceptors (Lipinski definition) is 7. The van der Waals surface area contributed by atoms with Gasteiger partial charge in [-0.25, -0.2) is 0 Å². The summed E-state index contributed by atoms with van der Waals surface area (Å²) in [5.41, 5.74) is 1.60. The number of hydrogen-bond donors (Lipinski definition) is 0. The summed E-state index contributed by atoms with van der Waals surface area (Å²) in [7, 11) is 3.15. The zero-order valence-electron chi connectivity index (χ0n) is 20.1. The van der Waals surface area contributed by atoms with E-state index in [1.165, 1.54) is 11.3 Å².